The second-order valence-electron chi connectivity index (χ2n) is 2.80. The highest BCUT2D eigenvalue weighted by atomic mass is 16.5. The lowest BCUT2D eigenvalue weighted by atomic mass is 10.2. The molecular formula is C7H12N2O2. The second-order valence-corrected chi connectivity index (χ2v) is 2.80. The van der Waals surface area contributed by atoms with Crippen molar-refractivity contribution in [1.82, 2.24) is 5.43 Å². The molecule has 1 fully saturated rings. The monoisotopic (exact) mass is 156 g/mol. The van der Waals surface area contributed by atoms with Crippen LogP contribution in [0.3, 0.4) is 0 Å². The minimum atomic E-state index is -0.0515. The van der Waals surface area contributed by atoms with Gasteiger partial charge in [-0.05, 0) is 0 Å². The highest BCUT2D eigenvalue weighted by Gasteiger charge is 2.11. The molecule has 0 atom stereocenters. The summed E-state index contributed by atoms with van der Waals surface area (Å²) < 4.78 is 4.85. The quantitative estimate of drug-likeness (QED) is 0.578. The third kappa shape index (κ3) is 2.31. The predicted octanol–water partition coefficient (Wildman–Crippen LogP) is 0.145. The maximum absolute atomic E-state index is 10.9. The van der Waals surface area contributed by atoms with Crippen molar-refractivity contribution in [3.8, 4) is 0 Å². The van der Waals surface area contributed by atoms with Crippen molar-refractivity contribution >= 4 is 11.6 Å². The van der Waals surface area contributed by atoms with Gasteiger partial charge in [0.25, 0.3) is 0 Å². The van der Waals surface area contributed by atoms with Crippen molar-refractivity contribution < 1.29 is 9.53 Å². The number of hydrogen-bond donors (Lipinski definition) is 1. The third-order valence-corrected chi connectivity index (χ3v) is 1.39. The number of carbonyl (C=O) groups excluding carboxylic acids is 1. The summed E-state index contributed by atoms with van der Waals surface area (Å²) in [5.74, 6) is -0.0651. The Hall–Kier alpha value is -0.900. The molecule has 0 aromatic carbocycles. The lowest BCUT2D eigenvalue weighted by molar-refractivity contribution is -0.123. The van der Waals surface area contributed by atoms with Crippen LogP contribution < -0.4 is 5.43 Å². The molecule has 0 aliphatic carbocycles. The number of hydrazone groups is 1. The molecule has 0 bridgehead atoms. The van der Waals surface area contributed by atoms with Crippen molar-refractivity contribution in [3.63, 3.8) is 0 Å². The van der Waals surface area contributed by atoms with Crippen molar-refractivity contribution in [1.29, 1.82) is 0 Å². The van der Waals surface area contributed by atoms with E-state index in [4.69, 9.17) is 4.74 Å². The lowest BCUT2D eigenvalue weighted by Gasteiger charge is -2.15. The lowest BCUT2D eigenvalue weighted by Crippen LogP contribution is -2.32. The first-order valence-corrected chi connectivity index (χ1v) is 3.63. The first kappa shape index (κ1) is 8.20. The fraction of sp³-hybridized carbons (Fsp3) is 0.714. The van der Waals surface area contributed by atoms with Crippen LogP contribution in [0, 0.1) is 5.92 Å². The van der Waals surface area contributed by atoms with Gasteiger partial charge in [-0.1, -0.05) is 13.8 Å². The summed E-state index contributed by atoms with van der Waals surface area (Å²) in [5.41, 5.74) is 3.35. The molecule has 1 aliphatic heterocycles. The van der Waals surface area contributed by atoms with Crippen LogP contribution in [0.25, 0.3) is 0 Å². The molecule has 4 nitrogen and oxygen atoms in total. The number of carbonyl (C=O) groups is 1. The number of nitrogens with zero attached hydrogens (tertiary/aromatic N) is 1. The average molecular weight is 156 g/mol. The first-order chi connectivity index (χ1) is 5.20. The van der Waals surface area contributed by atoms with Crippen LogP contribution in [0.5, 0.6) is 0 Å². The van der Waals surface area contributed by atoms with Gasteiger partial charge in [0.2, 0.25) is 5.91 Å². The highest BCUT2D eigenvalue weighted by molar-refractivity contribution is 5.91. The summed E-state index contributed by atoms with van der Waals surface area (Å²) in [6.07, 6.45) is 0. The van der Waals surface area contributed by atoms with Gasteiger partial charge in [-0.25, -0.2) is 5.43 Å². The minimum Gasteiger partial charge on any atom is -0.369 e. The summed E-state index contributed by atoms with van der Waals surface area (Å²) in [4.78, 5) is 10.9. The summed E-state index contributed by atoms with van der Waals surface area (Å²) >= 11 is 0. The van der Waals surface area contributed by atoms with Crippen LogP contribution in [0.15, 0.2) is 5.10 Å². The van der Waals surface area contributed by atoms with Gasteiger partial charge < -0.3 is 4.74 Å². The zero-order chi connectivity index (χ0) is 8.27. The van der Waals surface area contributed by atoms with Crippen LogP contribution in [0.4, 0.5) is 0 Å². The number of amides is 1. The van der Waals surface area contributed by atoms with Gasteiger partial charge in [0.15, 0.2) is 0 Å². The van der Waals surface area contributed by atoms with Crippen molar-refractivity contribution in [2.45, 2.75) is 13.8 Å². The Labute approximate surface area is 65.6 Å². The molecule has 0 radical (unpaired) electrons. The van der Waals surface area contributed by atoms with Gasteiger partial charge in [-0.3, -0.25) is 4.79 Å². The molecule has 1 heterocycles. The molecule has 0 aromatic rings. The normalized spacial score (nSPS) is 16.1. The Morgan fingerprint density at radius 1 is 1.64 bits per heavy atom. The van der Waals surface area contributed by atoms with Crippen molar-refractivity contribution in [2.24, 2.45) is 11.0 Å². The van der Waals surface area contributed by atoms with Crippen LogP contribution in [-0.4, -0.2) is 24.8 Å². The smallest absolute Gasteiger partial charge is 0.242 e. The summed E-state index contributed by atoms with van der Waals surface area (Å²) in [6, 6.07) is 0. The molecule has 0 spiro atoms. The summed E-state index contributed by atoms with van der Waals surface area (Å²) in [6.45, 7) is 4.76. The molecule has 0 aromatic heterocycles. The number of nitrogens with one attached hydrogen (secondary N) is 1. The largest absolute Gasteiger partial charge is 0.369 e. The molecule has 62 valence electrons. The molecule has 1 rings (SSSR count). The minimum absolute atomic E-state index is 0.0136. The van der Waals surface area contributed by atoms with E-state index >= 15 is 0 Å². The summed E-state index contributed by atoms with van der Waals surface area (Å²) in [5, 5.41) is 3.84. The predicted molar refractivity (Wildman–Crippen MR) is 41.2 cm³/mol. The molecule has 0 unspecified atom stereocenters. The first-order valence-electron chi connectivity index (χ1n) is 3.63. The fourth-order valence-electron chi connectivity index (χ4n) is 0.521. The van der Waals surface area contributed by atoms with E-state index in [0.717, 1.165) is 5.71 Å². The number of rotatable bonds is 2. The van der Waals surface area contributed by atoms with E-state index < -0.39 is 0 Å². The van der Waals surface area contributed by atoms with Crippen LogP contribution in [-0.2, 0) is 9.53 Å². The molecule has 4 heteroatoms. The van der Waals surface area contributed by atoms with Gasteiger partial charge in [-0.15, -0.1) is 0 Å². The maximum Gasteiger partial charge on any atom is 0.242 e. The summed E-state index contributed by atoms with van der Waals surface area (Å²) in [7, 11) is 0. The van der Waals surface area contributed by atoms with Crippen molar-refractivity contribution in [3.05, 3.63) is 0 Å². The van der Waals surface area contributed by atoms with Gasteiger partial charge >= 0.3 is 0 Å². The van der Waals surface area contributed by atoms with Gasteiger partial charge in [0, 0.05) is 5.92 Å². The number of hydrogen-bond acceptors (Lipinski definition) is 3. The SMILES string of the molecule is CC(C)C(=O)NN=C1COC1. The van der Waals surface area contributed by atoms with E-state index in [1.165, 1.54) is 0 Å². The Balaban J connectivity index is 2.25. The Bertz CT molecular complexity index is 181. The molecule has 1 N–H and O–H groups in total. The Morgan fingerprint density at radius 3 is 2.64 bits per heavy atom. The van der Waals surface area contributed by atoms with E-state index in [9.17, 15) is 4.79 Å². The Kier molecular flexibility index (Phi) is 2.59. The molecule has 0 saturated carbocycles. The standard InChI is InChI=1S/C7H12N2O2/c1-5(2)7(10)9-8-6-3-11-4-6/h5H,3-4H2,1-2H3,(H,9,10). The van der Waals surface area contributed by atoms with Gasteiger partial charge in [0.1, 0.15) is 0 Å². The highest BCUT2D eigenvalue weighted by Crippen LogP contribution is 1.95. The van der Waals surface area contributed by atoms with Crippen LogP contribution >= 0.6 is 0 Å². The third-order valence-electron chi connectivity index (χ3n) is 1.39. The van der Waals surface area contributed by atoms with Gasteiger partial charge in [0.05, 0.1) is 18.9 Å². The average Bonchev–Trinajstić information content (AvgIpc) is 1.83. The number of ether oxygens (including phenoxy) is 1. The second kappa shape index (κ2) is 3.48. The molecular weight excluding hydrogens is 144 g/mol. The fourth-order valence-corrected chi connectivity index (χ4v) is 0.521. The zero-order valence-corrected chi connectivity index (χ0v) is 6.76. The molecule has 11 heavy (non-hydrogen) atoms. The van der Waals surface area contributed by atoms with Crippen LogP contribution in [0.1, 0.15) is 13.8 Å². The maximum atomic E-state index is 10.9. The van der Waals surface area contributed by atoms with E-state index in [1.807, 2.05) is 13.8 Å². The van der Waals surface area contributed by atoms with E-state index in [1.54, 1.807) is 0 Å². The molecule has 1 amide bonds. The molecule has 1 saturated heterocycles. The van der Waals surface area contributed by atoms with Crippen molar-refractivity contribution in [2.75, 3.05) is 13.2 Å². The van der Waals surface area contributed by atoms with E-state index in [0.29, 0.717) is 13.2 Å². The zero-order valence-electron chi connectivity index (χ0n) is 6.76. The van der Waals surface area contributed by atoms with E-state index in [-0.39, 0.29) is 11.8 Å². The molecule has 1 aliphatic rings. The van der Waals surface area contributed by atoms with Gasteiger partial charge in [-0.2, -0.15) is 5.10 Å². The van der Waals surface area contributed by atoms with E-state index in [2.05, 4.69) is 10.5 Å². The van der Waals surface area contributed by atoms with Crippen LogP contribution in [0.2, 0.25) is 0 Å². The topological polar surface area (TPSA) is 50.7 Å². The Morgan fingerprint density at radius 2 is 2.27 bits per heavy atom.